The van der Waals surface area contributed by atoms with Crippen molar-refractivity contribution in [2.24, 2.45) is 11.8 Å². The molecule has 0 spiro atoms. The molecule has 0 radical (unpaired) electrons. The molecule has 0 saturated carbocycles. The molecule has 1 aliphatic rings. The Labute approximate surface area is 226 Å². The molecule has 0 unspecified atom stereocenters. The summed E-state index contributed by atoms with van der Waals surface area (Å²) in [5.74, 6) is 1.45. The van der Waals surface area contributed by atoms with Crippen LogP contribution in [0.15, 0.2) is 58.7 Å². The molecule has 0 fully saturated rings. The van der Waals surface area contributed by atoms with E-state index >= 15 is 0 Å². The number of allylic oxidation sites excluding steroid dienone is 8. The van der Waals surface area contributed by atoms with Gasteiger partial charge in [0.25, 0.3) is 0 Å². The predicted molar refractivity (Wildman–Crippen MR) is 172 cm³/mol. The van der Waals surface area contributed by atoms with Gasteiger partial charge in [0, 0.05) is 0 Å². The van der Waals surface area contributed by atoms with E-state index in [1.165, 1.54) is 66.4 Å². The first-order valence-corrected chi connectivity index (χ1v) is 13.5. The summed E-state index contributed by atoms with van der Waals surface area (Å²) in [6, 6.07) is 0. The maximum Gasteiger partial charge on any atom is -0.0260 e. The Morgan fingerprint density at radius 1 is 0.914 bits per heavy atom. The van der Waals surface area contributed by atoms with Crippen LogP contribution in [0, 0.1) is 24.7 Å². The van der Waals surface area contributed by atoms with Crippen molar-refractivity contribution in [1.29, 1.82) is 0 Å². The zero-order valence-corrected chi connectivity index (χ0v) is 26.1. The molecule has 1 aliphatic carbocycles. The van der Waals surface area contributed by atoms with Gasteiger partial charge in [-0.2, -0.15) is 0 Å². The molecule has 0 amide bonds. The maximum absolute atomic E-state index is 4.00. The lowest BCUT2D eigenvalue weighted by Crippen LogP contribution is -1.97. The largest absolute Gasteiger partial charge is 0.124 e. The highest BCUT2D eigenvalue weighted by Gasteiger charge is 2.08. The first-order valence-electron chi connectivity index (χ1n) is 13.5. The third-order valence-corrected chi connectivity index (χ3v) is 4.84. The summed E-state index contributed by atoms with van der Waals surface area (Å²) in [7, 11) is 0. The summed E-state index contributed by atoms with van der Waals surface area (Å²) in [6.07, 6.45) is 20.1. The summed E-state index contributed by atoms with van der Waals surface area (Å²) < 4.78 is 0. The molecule has 0 aliphatic heterocycles. The van der Waals surface area contributed by atoms with Gasteiger partial charge in [0.15, 0.2) is 0 Å². The summed E-state index contributed by atoms with van der Waals surface area (Å²) in [5, 5.41) is 0. The van der Waals surface area contributed by atoms with E-state index in [4.69, 9.17) is 0 Å². The van der Waals surface area contributed by atoms with Crippen molar-refractivity contribution < 1.29 is 0 Å². The SMILES string of the molecule is C.C#C.C/C=C(C)\C=C(\C)C(C)C.C=C(C)C1=C(C)CCCC1.C=C(C)CC(C)C.CC.CCC. The smallest absolute Gasteiger partial charge is 0.0260 e. The molecule has 0 aromatic heterocycles. The average Bonchev–Trinajstić information content (AvgIpc) is 2.77. The highest BCUT2D eigenvalue weighted by molar-refractivity contribution is 5.32. The van der Waals surface area contributed by atoms with Crippen molar-refractivity contribution in [1.82, 2.24) is 0 Å². The Kier molecular flexibility index (Phi) is 45.8. The van der Waals surface area contributed by atoms with Gasteiger partial charge in [-0.3, -0.25) is 0 Å². The summed E-state index contributed by atoms with van der Waals surface area (Å²) in [4.78, 5) is 0. The minimum absolute atomic E-state index is 0. The van der Waals surface area contributed by atoms with Crippen molar-refractivity contribution in [2.75, 3.05) is 0 Å². The molecular formula is C35H68. The third-order valence-electron chi connectivity index (χ3n) is 4.84. The molecule has 0 aromatic carbocycles. The van der Waals surface area contributed by atoms with Crippen LogP contribution in [0.1, 0.15) is 143 Å². The van der Waals surface area contributed by atoms with Crippen molar-refractivity contribution in [3.05, 3.63) is 58.7 Å². The highest BCUT2D eigenvalue weighted by Crippen LogP contribution is 2.28. The van der Waals surface area contributed by atoms with Crippen LogP contribution in [0.3, 0.4) is 0 Å². The van der Waals surface area contributed by atoms with Crippen LogP contribution in [0.25, 0.3) is 0 Å². The van der Waals surface area contributed by atoms with Gasteiger partial charge in [0.2, 0.25) is 0 Å². The molecule has 35 heavy (non-hydrogen) atoms. The normalized spacial score (nSPS) is 12.4. The first-order chi connectivity index (χ1) is 15.8. The number of hydrogen-bond donors (Lipinski definition) is 0. The fourth-order valence-corrected chi connectivity index (χ4v) is 2.94. The number of terminal acetylenes is 1. The second kappa shape index (κ2) is 34.4. The summed E-state index contributed by atoms with van der Waals surface area (Å²) in [6.45, 7) is 37.7. The number of rotatable bonds is 5. The zero-order valence-electron chi connectivity index (χ0n) is 26.1. The zero-order chi connectivity index (χ0) is 28.3. The van der Waals surface area contributed by atoms with E-state index in [0.717, 1.165) is 5.92 Å². The van der Waals surface area contributed by atoms with Crippen molar-refractivity contribution in [2.45, 2.75) is 143 Å². The standard InChI is InChI=1S/C10H16.C10H18.C7H14.C3H8.C2H6.C2H2.CH4/c1-8(2)10-7-5-4-6-9(10)3;1-6-9(4)7-10(5)8(2)3;1-6(2)5-7(3)4;1-3-2;2*1-2;/h1,4-7H2,2-3H3;6-8H,1-5H3;7H,1,5H2,2-4H3;3H2,1-2H3;1-2H3;1-2H;1H4/b;9-6-,10-7-;;;;;. The molecular weight excluding hydrogens is 420 g/mol. The lowest BCUT2D eigenvalue weighted by Gasteiger charge is -2.17. The van der Waals surface area contributed by atoms with Gasteiger partial charge < -0.3 is 0 Å². The topological polar surface area (TPSA) is 0 Å². The number of hydrogen-bond acceptors (Lipinski definition) is 0. The van der Waals surface area contributed by atoms with Gasteiger partial charge >= 0.3 is 0 Å². The Balaban J connectivity index is -0.0000000796. The lowest BCUT2D eigenvalue weighted by molar-refractivity contribution is 0.644. The molecule has 1 rings (SSSR count). The monoisotopic (exact) mass is 489 g/mol. The van der Waals surface area contributed by atoms with Gasteiger partial charge in [0.1, 0.15) is 0 Å². The molecule has 0 aromatic rings. The lowest BCUT2D eigenvalue weighted by atomic mass is 9.89. The Morgan fingerprint density at radius 2 is 1.31 bits per heavy atom. The molecule has 0 heteroatoms. The fourth-order valence-electron chi connectivity index (χ4n) is 2.94. The van der Waals surface area contributed by atoms with Crippen molar-refractivity contribution in [3.8, 4) is 12.8 Å². The van der Waals surface area contributed by atoms with Gasteiger partial charge in [-0.05, 0) is 91.1 Å². The van der Waals surface area contributed by atoms with Gasteiger partial charge in [-0.15, -0.1) is 19.4 Å². The van der Waals surface area contributed by atoms with E-state index in [-0.39, 0.29) is 7.43 Å². The molecule has 0 atom stereocenters. The van der Waals surface area contributed by atoms with Crippen LogP contribution in [-0.2, 0) is 0 Å². The third kappa shape index (κ3) is 39.8. The van der Waals surface area contributed by atoms with Crippen LogP contribution in [0.5, 0.6) is 0 Å². The molecule has 0 heterocycles. The molecule has 0 nitrogen and oxygen atoms in total. The van der Waals surface area contributed by atoms with E-state index in [1.807, 2.05) is 13.8 Å². The maximum atomic E-state index is 4.00. The minimum atomic E-state index is 0. The Hall–Kier alpha value is -1.74. The van der Waals surface area contributed by atoms with Crippen molar-refractivity contribution in [3.63, 3.8) is 0 Å². The second-order valence-electron chi connectivity index (χ2n) is 9.58. The van der Waals surface area contributed by atoms with E-state index in [2.05, 4.69) is 121 Å². The van der Waals surface area contributed by atoms with E-state index in [0.29, 0.717) is 5.92 Å². The van der Waals surface area contributed by atoms with Crippen molar-refractivity contribution >= 4 is 0 Å². The summed E-state index contributed by atoms with van der Waals surface area (Å²) in [5.41, 5.74) is 8.47. The van der Waals surface area contributed by atoms with E-state index in [9.17, 15) is 0 Å². The van der Waals surface area contributed by atoms with Crippen LogP contribution in [0.4, 0.5) is 0 Å². The molecule has 0 saturated heterocycles. The fraction of sp³-hybridized carbons (Fsp3) is 0.657. The van der Waals surface area contributed by atoms with Crippen LogP contribution in [-0.4, -0.2) is 0 Å². The summed E-state index contributed by atoms with van der Waals surface area (Å²) >= 11 is 0. The van der Waals surface area contributed by atoms with Crippen LogP contribution >= 0.6 is 0 Å². The first kappa shape index (κ1) is 46.6. The average molecular weight is 489 g/mol. The Morgan fingerprint density at radius 3 is 1.51 bits per heavy atom. The molecule has 0 bridgehead atoms. The Bertz CT molecular complexity index is 585. The van der Waals surface area contributed by atoms with Gasteiger partial charge in [0.05, 0.1) is 0 Å². The van der Waals surface area contributed by atoms with Crippen LogP contribution in [0.2, 0.25) is 0 Å². The van der Waals surface area contributed by atoms with Gasteiger partial charge in [-0.25, -0.2) is 0 Å². The quantitative estimate of drug-likeness (QED) is 0.205. The highest BCUT2D eigenvalue weighted by atomic mass is 14.1. The second-order valence-corrected chi connectivity index (χ2v) is 9.58. The van der Waals surface area contributed by atoms with Crippen LogP contribution < -0.4 is 0 Å². The predicted octanol–water partition coefficient (Wildman–Crippen LogP) is 12.9. The molecule has 0 N–H and O–H groups in total. The van der Waals surface area contributed by atoms with E-state index in [1.54, 1.807) is 5.57 Å². The van der Waals surface area contributed by atoms with E-state index < -0.39 is 0 Å². The minimum Gasteiger partial charge on any atom is -0.124 e. The van der Waals surface area contributed by atoms with Gasteiger partial charge in [-0.1, -0.05) is 116 Å². The molecule has 208 valence electrons.